The van der Waals surface area contributed by atoms with Crippen LogP contribution in [0.2, 0.25) is 0 Å². The first-order chi connectivity index (χ1) is 17.0. The fourth-order valence-electron chi connectivity index (χ4n) is 4.06. The lowest BCUT2D eigenvalue weighted by Crippen LogP contribution is -2.54. The molecule has 4 aromatic rings. The fraction of sp³-hybridized carbons (Fsp3) is 0.320. The van der Waals surface area contributed by atoms with Gasteiger partial charge >= 0.3 is 0 Å². The lowest BCUT2D eigenvalue weighted by atomic mass is 9.99. The largest absolute Gasteiger partial charge is 0.497 e. The Balaban J connectivity index is 1.10. The van der Waals surface area contributed by atoms with Crippen LogP contribution in [0.25, 0.3) is 16.4 Å². The molecule has 1 aliphatic rings. The van der Waals surface area contributed by atoms with Gasteiger partial charge in [0, 0.05) is 48.8 Å². The molecule has 1 saturated heterocycles. The molecule has 35 heavy (non-hydrogen) atoms. The van der Waals surface area contributed by atoms with Crippen molar-refractivity contribution in [1.82, 2.24) is 30.0 Å². The lowest BCUT2D eigenvalue weighted by molar-refractivity contribution is -0.125. The summed E-state index contributed by atoms with van der Waals surface area (Å²) in [5.41, 5.74) is 4.00. The van der Waals surface area contributed by atoms with E-state index in [9.17, 15) is 4.79 Å². The number of aryl methyl sites for hydroxylation is 2. The van der Waals surface area contributed by atoms with Gasteiger partial charge in [-0.2, -0.15) is 5.10 Å². The number of methoxy groups -OCH3 is 1. The van der Waals surface area contributed by atoms with Crippen LogP contribution in [-0.4, -0.2) is 57.4 Å². The topological polar surface area (TPSA) is 98.1 Å². The molecule has 1 fully saturated rings. The van der Waals surface area contributed by atoms with Crippen LogP contribution in [0.1, 0.15) is 17.1 Å². The molecule has 9 nitrogen and oxygen atoms in total. The van der Waals surface area contributed by atoms with Crippen LogP contribution in [0.15, 0.2) is 48.1 Å². The van der Waals surface area contributed by atoms with Gasteiger partial charge in [-0.15, -0.1) is 11.3 Å². The third-order valence-electron chi connectivity index (χ3n) is 6.01. The normalized spacial score (nSPS) is 13.5. The minimum Gasteiger partial charge on any atom is -0.497 e. The molecule has 0 aliphatic carbocycles. The van der Waals surface area contributed by atoms with Crippen molar-refractivity contribution in [3.63, 3.8) is 0 Å². The van der Waals surface area contributed by atoms with Crippen molar-refractivity contribution in [2.24, 2.45) is 5.92 Å². The molecule has 0 atom stereocenters. The summed E-state index contributed by atoms with van der Waals surface area (Å²) in [5, 5.41) is 10.6. The van der Waals surface area contributed by atoms with E-state index < -0.39 is 0 Å². The van der Waals surface area contributed by atoms with Gasteiger partial charge in [0.1, 0.15) is 22.9 Å². The van der Waals surface area contributed by atoms with Crippen LogP contribution >= 0.6 is 11.3 Å². The number of hydrogen-bond donors (Lipinski definition) is 1. The van der Waals surface area contributed by atoms with Crippen molar-refractivity contribution in [2.75, 3.05) is 31.6 Å². The van der Waals surface area contributed by atoms with Crippen molar-refractivity contribution in [3.05, 3.63) is 65.2 Å². The summed E-state index contributed by atoms with van der Waals surface area (Å²) in [6, 6.07) is 11.8. The van der Waals surface area contributed by atoms with Gasteiger partial charge in [-0.3, -0.25) is 4.79 Å². The highest BCUT2D eigenvalue weighted by Gasteiger charge is 2.33. The molecule has 1 aromatic carbocycles. The second kappa shape index (κ2) is 9.83. The Kier molecular flexibility index (Phi) is 6.45. The van der Waals surface area contributed by atoms with Crippen molar-refractivity contribution in [3.8, 4) is 22.1 Å². The predicted octanol–water partition coefficient (Wildman–Crippen LogP) is 3.21. The molecule has 10 heteroatoms. The van der Waals surface area contributed by atoms with Gasteiger partial charge in [-0.1, -0.05) is 0 Å². The lowest BCUT2D eigenvalue weighted by Gasteiger charge is -2.39. The van der Waals surface area contributed by atoms with Gasteiger partial charge in [-0.25, -0.2) is 19.6 Å². The Morgan fingerprint density at radius 1 is 1.14 bits per heavy atom. The minimum absolute atomic E-state index is 0.0487. The number of thiazole rings is 1. The summed E-state index contributed by atoms with van der Waals surface area (Å²) >= 11 is 1.61. The number of rotatable bonds is 8. The standard InChI is InChI=1S/C25H27N7O2S/c1-16-10-17(2)32(30-16)23-11-22(27-15-28-23)31-12-19(13-31)24(33)26-9-8-20-14-35-25(29-20)18-4-6-21(34-3)7-5-18/h4-7,10-11,14-15,19H,8-9,12-13H2,1-3H3,(H,26,33). The second-order valence-corrected chi connectivity index (χ2v) is 9.45. The maximum Gasteiger partial charge on any atom is 0.226 e. The van der Waals surface area contributed by atoms with E-state index in [1.807, 2.05) is 60.3 Å². The maximum absolute atomic E-state index is 12.6. The van der Waals surface area contributed by atoms with Crippen LogP contribution in [0.5, 0.6) is 5.75 Å². The van der Waals surface area contributed by atoms with Crippen LogP contribution in [0.3, 0.4) is 0 Å². The van der Waals surface area contributed by atoms with Crippen molar-refractivity contribution in [1.29, 1.82) is 0 Å². The first-order valence-corrected chi connectivity index (χ1v) is 12.4. The number of nitrogens with zero attached hydrogens (tertiary/aromatic N) is 6. The summed E-state index contributed by atoms with van der Waals surface area (Å²) < 4.78 is 7.02. The summed E-state index contributed by atoms with van der Waals surface area (Å²) in [5.74, 6) is 2.38. The zero-order chi connectivity index (χ0) is 24.4. The van der Waals surface area contributed by atoms with Gasteiger partial charge in [0.2, 0.25) is 5.91 Å². The SMILES string of the molecule is COc1ccc(-c2nc(CCNC(=O)C3CN(c4cc(-n5nc(C)cc5C)ncn4)C3)cs2)cc1. The Morgan fingerprint density at radius 3 is 2.63 bits per heavy atom. The van der Waals surface area contributed by atoms with E-state index in [0.717, 1.165) is 45.0 Å². The maximum atomic E-state index is 12.6. The number of nitrogens with one attached hydrogen (secondary N) is 1. The average Bonchev–Trinajstić information content (AvgIpc) is 3.44. The molecule has 0 bridgehead atoms. The van der Waals surface area contributed by atoms with E-state index in [1.54, 1.807) is 24.8 Å². The fourth-order valence-corrected chi connectivity index (χ4v) is 4.92. The third-order valence-corrected chi connectivity index (χ3v) is 6.95. The molecule has 0 radical (unpaired) electrons. The molecular weight excluding hydrogens is 462 g/mol. The van der Waals surface area contributed by atoms with E-state index in [-0.39, 0.29) is 11.8 Å². The summed E-state index contributed by atoms with van der Waals surface area (Å²) in [4.78, 5) is 28.1. The second-order valence-electron chi connectivity index (χ2n) is 8.59. The zero-order valence-electron chi connectivity index (χ0n) is 19.9. The van der Waals surface area contributed by atoms with E-state index in [4.69, 9.17) is 9.72 Å². The molecular formula is C25H27N7O2S. The molecule has 1 aliphatic heterocycles. The summed E-state index contributed by atoms with van der Waals surface area (Å²) in [6.45, 7) is 5.79. The smallest absolute Gasteiger partial charge is 0.226 e. The molecule has 0 saturated carbocycles. The molecule has 5 rings (SSSR count). The monoisotopic (exact) mass is 489 g/mol. The highest BCUT2D eigenvalue weighted by Crippen LogP contribution is 2.26. The highest BCUT2D eigenvalue weighted by molar-refractivity contribution is 7.13. The number of aromatic nitrogens is 5. The highest BCUT2D eigenvalue weighted by atomic mass is 32.1. The van der Waals surface area contributed by atoms with Gasteiger partial charge in [0.15, 0.2) is 5.82 Å². The molecule has 180 valence electrons. The molecule has 4 heterocycles. The molecule has 0 spiro atoms. The van der Waals surface area contributed by atoms with Gasteiger partial charge in [-0.05, 0) is 44.2 Å². The number of carbonyl (C=O) groups excluding carboxylic acids is 1. The molecule has 3 aromatic heterocycles. The van der Waals surface area contributed by atoms with Gasteiger partial charge in [0.05, 0.1) is 24.4 Å². The number of carbonyl (C=O) groups is 1. The van der Waals surface area contributed by atoms with Crippen LogP contribution in [0.4, 0.5) is 5.82 Å². The van der Waals surface area contributed by atoms with E-state index in [1.165, 1.54) is 0 Å². The number of benzene rings is 1. The van der Waals surface area contributed by atoms with E-state index in [0.29, 0.717) is 26.1 Å². The first-order valence-electron chi connectivity index (χ1n) is 11.5. The Morgan fingerprint density at radius 2 is 1.91 bits per heavy atom. The van der Waals surface area contributed by atoms with Gasteiger partial charge in [0.25, 0.3) is 0 Å². The first kappa shape index (κ1) is 23.0. The van der Waals surface area contributed by atoms with Crippen LogP contribution < -0.4 is 15.0 Å². The van der Waals surface area contributed by atoms with Crippen molar-refractivity contribution < 1.29 is 9.53 Å². The molecule has 1 N–H and O–H groups in total. The van der Waals surface area contributed by atoms with Crippen molar-refractivity contribution >= 4 is 23.1 Å². The van der Waals surface area contributed by atoms with Crippen LogP contribution in [0, 0.1) is 19.8 Å². The molecule has 0 unspecified atom stereocenters. The predicted molar refractivity (Wildman–Crippen MR) is 135 cm³/mol. The summed E-state index contributed by atoms with van der Waals surface area (Å²) in [7, 11) is 1.65. The number of amides is 1. The van der Waals surface area contributed by atoms with Crippen LogP contribution in [-0.2, 0) is 11.2 Å². The number of ether oxygens (including phenoxy) is 1. The average molecular weight is 490 g/mol. The quantitative estimate of drug-likeness (QED) is 0.406. The molecule has 1 amide bonds. The van der Waals surface area contributed by atoms with Gasteiger partial charge < -0.3 is 15.0 Å². The zero-order valence-corrected chi connectivity index (χ0v) is 20.7. The Hall–Kier alpha value is -3.79. The third kappa shape index (κ3) is 5.02. The number of hydrogen-bond acceptors (Lipinski definition) is 8. The van der Waals surface area contributed by atoms with Crippen molar-refractivity contribution in [2.45, 2.75) is 20.3 Å². The summed E-state index contributed by atoms with van der Waals surface area (Å²) in [6.07, 6.45) is 2.25. The minimum atomic E-state index is -0.0487. The Labute approximate surface area is 207 Å². The van der Waals surface area contributed by atoms with E-state index >= 15 is 0 Å². The van der Waals surface area contributed by atoms with E-state index in [2.05, 4.69) is 25.3 Å². The number of anilines is 1. The Bertz CT molecular complexity index is 1330.